The zero-order valence-corrected chi connectivity index (χ0v) is 24.7. The number of carbonyl (C=O) groups excluding carboxylic acids is 2. The minimum atomic E-state index is -0.587. The molecular formula is C30H28Cl4O4. The lowest BCUT2D eigenvalue weighted by molar-refractivity contribution is -0.120. The van der Waals surface area contributed by atoms with E-state index in [-0.39, 0.29) is 39.0 Å². The van der Waals surface area contributed by atoms with E-state index >= 15 is 0 Å². The highest BCUT2D eigenvalue weighted by atomic mass is 35.5. The molecule has 5 rings (SSSR count). The number of hydrogen-bond acceptors (Lipinski definition) is 4. The Labute approximate surface area is 242 Å². The van der Waals surface area contributed by atoms with Crippen LogP contribution in [-0.4, -0.2) is 11.6 Å². The van der Waals surface area contributed by atoms with Gasteiger partial charge in [0.1, 0.15) is 18.1 Å². The number of ketones is 2. The second-order valence-electron chi connectivity index (χ2n) is 11.9. The monoisotopic (exact) mass is 592 g/mol. The first-order valence-corrected chi connectivity index (χ1v) is 14.0. The molecule has 0 saturated carbocycles. The van der Waals surface area contributed by atoms with Gasteiger partial charge in [0.15, 0.2) is 17.3 Å². The molecule has 2 aliphatic carbocycles. The highest BCUT2D eigenvalue weighted by molar-refractivity contribution is 6.37. The van der Waals surface area contributed by atoms with Crippen LogP contribution in [0, 0.1) is 10.8 Å². The van der Waals surface area contributed by atoms with Gasteiger partial charge < -0.3 is 9.47 Å². The first-order valence-electron chi connectivity index (χ1n) is 12.5. The van der Waals surface area contributed by atoms with E-state index in [1.807, 2.05) is 0 Å². The number of ether oxygens (including phenoxy) is 2. The lowest BCUT2D eigenvalue weighted by Crippen LogP contribution is -2.37. The summed E-state index contributed by atoms with van der Waals surface area (Å²) in [5.41, 5.74) is 1.99. The van der Waals surface area contributed by atoms with Crippen LogP contribution in [0.25, 0.3) is 0 Å². The number of carbonyl (C=O) groups is 2. The van der Waals surface area contributed by atoms with E-state index in [9.17, 15) is 9.59 Å². The third kappa shape index (κ3) is 5.25. The van der Waals surface area contributed by atoms with Crippen LogP contribution in [0.1, 0.15) is 70.4 Å². The average Bonchev–Trinajstić information content (AvgIpc) is 2.76. The molecular weight excluding hydrogens is 566 g/mol. The van der Waals surface area contributed by atoms with Crippen LogP contribution in [0.15, 0.2) is 53.0 Å². The molecule has 3 aliphatic rings. The summed E-state index contributed by atoms with van der Waals surface area (Å²) >= 11 is 25.7. The molecule has 1 heterocycles. The fourth-order valence-electron chi connectivity index (χ4n) is 5.68. The van der Waals surface area contributed by atoms with Crippen molar-refractivity contribution in [2.45, 2.75) is 65.9 Å². The van der Waals surface area contributed by atoms with Gasteiger partial charge in [-0.15, -0.1) is 0 Å². The van der Waals surface area contributed by atoms with Gasteiger partial charge in [-0.1, -0.05) is 80.2 Å². The van der Waals surface area contributed by atoms with E-state index in [0.29, 0.717) is 69.7 Å². The van der Waals surface area contributed by atoms with Crippen molar-refractivity contribution in [3.63, 3.8) is 0 Å². The Morgan fingerprint density at radius 2 is 1.32 bits per heavy atom. The molecule has 0 fully saturated rings. The highest BCUT2D eigenvalue weighted by Crippen LogP contribution is 2.54. The molecule has 0 unspecified atom stereocenters. The van der Waals surface area contributed by atoms with Gasteiger partial charge in [0.2, 0.25) is 0 Å². The van der Waals surface area contributed by atoms with Crippen LogP contribution in [0.5, 0.6) is 5.75 Å². The van der Waals surface area contributed by atoms with Gasteiger partial charge in [-0.05, 0) is 40.7 Å². The summed E-state index contributed by atoms with van der Waals surface area (Å²) in [4.78, 5) is 27.0. The van der Waals surface area contributed by atoms with Crippen molar-refractivity contribution in [2.75, 3.05) is 0 Å². The molecule has 4 nitrogen and oxygen atoms in total. The minimum absolute atomic E-state index is 0.0182. The minimum Gasteiger partial charge on any atom is -0.486 e. The van der Waals surface area contributed by atoms with E-state index in [1.165, 1.54) is 0 Å². The number of allylic oxidation sites excluding steroid dienone is 4. The average molecular weight is 594 g/mol. The summed E-state index contributed by atoms with van der Waals surface area (Å²) < 4.78 is 12.3. The quantitative estimate of drug-likeness (QED) is 0.354. The standard InChI is InChI=1S/C30H28Cl4O4/c1-29(2)10-21(35)26-23(12-29)38-24-13-30(3,4)11-22(36)27(24)25(26)16-7-19(33)28(20(34)8-16)37-14-15-5-6-17(31)9-18(15)32/h5-9,25H,10-14H2,1-4H3. The Morgan fingerprint density at radius 3 is 1.82 bits per heavy atom. The summed E-state index contributed by atoms with van der Waals surface area (Å²) in [5, 5.41) is 1.56. The molecule has 0 bridgehead atoms. The molecule has 200 valence electrons. The Hall–Kier alpha value is -1.98. The van der Waals surface area contributed by atoms with Gasteiger partial charge in [0, 0.05) is 58.4 Å². The van der Waals surface area contributed by atoms with Crippen LogP contribution < -0.4 is 4.74 Å². The number of rotatable bonds is 4. The summed E-state index contributed by atoms with van der Waals surface area (Å²) in [6.07, 6.45) is 1.97. The smallest absolute Gasteiger partial charge is 0.163 e. The number of benzene rings is 2. The van der Waals surface area contributed by atoms with Crippen molar-refractivity contribution < 1.29 is 19.1 Å². The molecule has 38 heavy (non-hydrogen) atoms. The van der Waals surface area contributed by atoms with Crippen molar-refractivity contribution in [1.29, 1.82) is 0 Å². The van der Waals surface area contributed by atoms with E-state index in [2.05, 4.69) is 27.7 Å². The Morgan fingerprint density at radius 1 is 0.789 bits per heavy atom. The molecule has 2 aromatic rings. The first-order chi connectivity index (χ1) is 17.7. The topological polar surface area (TPSA) is 52.6 Å². The largest absolute Gasteiger partial charge is 0.486 e. The maximum atomic E-state index is 13.5. The van der Waals surface area contributed by atoms with Gasteiger partial charge in [0.25, 0.3) is 0 Å². The van der Waals surface area contributed by atoms with E-state index < -0.39 is 5.92 Å². The van der Waals surface area contributed by atoms with E-state index in [1.54, 1.807) is 30.3 Å². The summed E-state index contributed by atoms with van der Waals surface area (Å²) in [6.45, 7) is 8.36. The fraction of sp³-hybridized carbons (Fsp3) is 0.400. The molecule has 0 N–H and O–H groups in total. The van der Waals surface area contributed by atoms with Gasteiger partial charge in [-0.2, -0.15) is 0 Å². The predicted molar refractivity (Wildman–Crippen MR) is 151 cm³/mol. The highest BCUT2D eigenvalue weighted by Gasteiger charge is 2.48. The summed E-state index contributed by atoms with van der Waals surface area (Å²) in [5.74, 6) is 0.961. The first kappa shape index (κ1) is 27.6. The van der Waals surface area contributed by atoms with E-state index in [4.69, 9.17) is 55.9 Å². The van der Waals surface area contributed by atoms with Crippen LogP contribution >= 0.6 is 46.4 Å². The predicted octanol–water partition coefficient (Wildman–Crippen LogP) is 9.28. The van der Waals surface area contributed by atoms with Crippen molar-refractivity contribution >= 4 is 58.0 Å². The Kier molecular flexibility index (Phi) is 7.18. The zero-order valence-electron chi connectivity index (χ0n) is 21.6. The number of halogens is 4. The molecule has 0 aromatic heterocycles. The van der Waals surface area contributed by atoms with Gasteiger partial charge in [-0.3, -0.25) is 9.59 Å². The van der Waals surface area contributed by atoms with Gasteiger partial charge >= 0.3 is 0 Å². The molecule has 0 saturated heterocycles. The third-order valence-electron chi connectivity index (χ3n) is 7.32. The molecule has 1 aliphatic heterocycles. The molecule has 0 radical (unpaired) electrons. The molecule has 0 atom stereocenters. The third-order valence-corrected chi connectivity index (χ3v) is 8.47. The van der Waals surface area contributed by atoms with Crippen molar-refractivity contribution in [3.05, 3.63) is 84.2 Å². The van der Waals surface area contributed by atoms with Crippen molar-refractivity contribution in [3.8, 4) is 5.75 Å². The van der Waals surface area contributed by atoms with Crippen molar-refractivity contribution in [1.82, 2.24) is 0 Å². The Balaban J connectivity index is 1.56. The maximum absolute atomic E-state index is 13.5. The molecule has 8 heteroatoms. The second-order valence-corrected chi connectivity index (χ2v) is 13.6. The molecule has 0 amide bonds. The Bertz CT molecular complexity index is 1360. The summed E-state index contributed by atoms with van der Waals surface area (Å²) in [7, 11) is 0. The fourth-order valence-corrected chi connectivity index (χ4v) is 6.76. The van der Waals surface area contributed by atoms with Crippen LogP contribution in [0.4, 0.5) is 0 Å². The number of Topliss-reactive ketones (excluding diaryl/α,β-unsaturated/α-hetero) is 2. The lowest BCUT2D eigenvalue weighted by atomic mass is 9.65. The molecule has 2 aromatic carbocycles. The van der Waals surface area contributed by atoms with E-state index in [0.717, 1.165) is 5.56 Å². The molecule has 0 spiro atoms. The number of hydrogen-bond donors (Lipinski definition) is 0. The lowest BCUT2D eigenvalue weighted by Gasteiger charge is -2.42. The van der Waals surface area contributed by atoms with Gasteiger partial charge in [0.05, 0.1) is 10.0 Å². The second kappa shape index (κ2) is 9.89. The summed E-state index contributed by atoms with van der Waals surface area (Å²) in [6, 6.07) is 8.61. The van der Waals surface area contributed by atoms with Crippen molar-refractivity contribution in [2.24, 2.45) is 10.8 Å². The maximum Gasteiger partial charge on any atom is 0.163 e. The van der Waals surface area contributed by atoms with Gasteiger partial charge in [-0.25, -0.2) is 0 Å². The normalized spacial score (nSPS) is 20.7. The van der Waals surface area contributed by atoms with Crippen LogP contribution in [0.3, 0.4) is 0 Å². The van der Waals surface area contributed by atoms with Crippen LogP contribution in [0.2, 0.25) is 20.1 Å². The zero-order chi connectivity index (χ0) is 27.6. The SMILES string of the molecule is CC1(C)CC(=O)C2=C(C1)OC1=C(C(=O)CC(C)(C)C1)C2c1cc(Cl)c(OCc2ccc(Cl)cc2Cl)c(Cl)c1. The van der Waals surface area contributed by atoms with Crippen LogP contribution in [-0.2, 0) is 20.9 Å².